The predicted octanol–water partition coefficient (Wildman–Crippen LogP) is 1.23. The van der Waals surface area contributed by atoms with Crippen LogP contribution in [0.15, 0.2) is 12.4 Å². The van der Waals surface area contributed by atoms with E-state index in [0.29, 0.717) is 25.6 Å². The van der Waals surface area contributed by atoms with Gasteiger partial charge in [0.2, 0.25) is 5.95 Å². The van der Waals surface area contributed by atoms with Gasteiger partial charge in [-0.05, 0) is 18.4 Å². The minimum Gasteiger partial charge on any atom is -0.465 e. The molecule has 1 fully saturated rings. The number of rotatable bonds is 2. The molecule has 1 amide bonds. The van der Waals surface area contributed by atoms with E-state index in [1.807, 2.05) is 17.3 Å². The summed E-state index contributed by atoms with van der Waals surface area (Å²) < 4.78 is 0. The van der Waals surface area contributed by atoms with Crippen LogP contribution in [-0.4, -0.2) is 52.2 Å². The quantitative estimate of drug-likeness (QED) is 0.855. The number of aromatic nitrogens is 2. The molecule has 1 N–H and O–H groups in total. The standard InChI is InChI=1S/C12H18N4O2/c1-2-10-8-13-11(14-9-10)15-4-3-5-16(7-6-15)12(17)18/h8-9H,2-7H2,1H3,(H,17,18). The zero-order chi connectivity index (χ0) is 13.0. The van der Waals surface area contributed by atoms with E-state index >= 15 is 0 Å². The van der Waals surface area contributed by atoms with Gasteiger partial charge < -0.3 is 14.9 Å². The largest absolute Gasteiger partial charge is 0.465 e. The Hall–Kier alpha value is -1.85. The third-order valence-corrected chi connectivity index (χ3v) is 3.15. The van der Waals surface area contributed by atoms with Crippen molar-refractivity contribution in [3.05, 3.63) is 18.0 Å². The smallest absolute Gasteiger partial charge is 0.407 e. The van der Waals surface area contributed by atoms with E-state index in [2.05, 4.69) is 16.9 Å². The molecule has 1 aliphatic rings. The second kappa shape index (κ2) is 5.66. The van der Waals surface area contributed by atoms with E-state index in [1.54, 1.807) is 0 Å². The lowest BCUT2D eigenvalue weighted by Gasteiger charge is -2.20. The van der Waals surface area contributed by atoms with E-state index < -0.39 is 6.09 Å². The third kappa shape index (κ3) is 2.88. The fourth-order valence-corrected chi connectivity index (χ4v) is 2.00. The Kier molecular flexibility index (Phi) is 3.96. The molecule has 6 nitrogen and oxygen atoms in total. The van der Waals surface area contributed by atoms with Crippen LogP contribution in [0.25, 0.3) is 0 Å². The highest BCUT2D eigenvalue weighted by Gasteiger charge is 2.19. The molecule has 0 spiro atoms. The first-order valence-electron chi connectivity index (χ1n) is 6.24. The number of nitrogens with zero attached hydrogens (tertiary/aromatic N) is 4. The van der Waals surface area contributed by atoms with Gasteiger partial charge in [-0.1, -0.05) is 6.92 Å². The molecule has 0 bridgehead atoms. The highest BCUT2D eigenvalue weighted by Crippen LogP contribution is 2.11. The molecular weight excluding hydrogens is 232 g/mol. The van der Waals surface area contributed by atoms with Gasteiger partial charge >= 0.3 is 6.09 Å². The molecule has 0 unspecified atom stereocenters. The minimum atomic E-state index is -0.848. The lowest BCUT2D eigenvalue weighted by atomic mass is 10.3. The first-order chi connectivity index (χ1) is 8.70. The van der Waals surface area contributed by atoms with Crippen molar-refractivity contribution < 1.29 is 9.90 Å². The van der Waals surface area contributed by atoms with Gasteiger partial charge in [0, 0.05) is 38.6 Å². The van der Waals surface area contributed by atoms with E-state index in [1.165, 1.54) is 4.90 Å². The van der Waals surface area contributed by atoms with E-state index in [4.69, 9.17) is 5.11 Å². The van der Waals surface area contributed by atoms with Crippen LogP contribution in [0.3, 0.4) is 0 Å². The number of hydrogen-bond acceptors (Lipinski definition) is 4. The maximum Gasteiger partial charge on any atom is 0.407 e. The van der Waals surface area contributed by atoms with Crippen molar-refractivity contribution in [1.29, 1.82) is 0 Å². The summed E-state index contributed by atoms with van der Waals surface area (Å²) in [6.07, 6.45) is 4.56. The van der Waals surface area contributed by atoms with Crippen molar-refractivity contribution in [3.8, 4) is 0 Å². The summed E-state index contributed by atoms with van der Waals surface area (Å²) in [7, 11) is 0. The van der Waals surface area contributed by atoms with Crippen LogP contribution in [0.5, 0.6) is 0 Å². The summed E-state index contributed by atoms with van der Waals surface area (Å²) >= 11 is 0. The summed E-state index contributed by atoms with van der Waals surface area (Å²) in [4.78, 5) is 23.1. The maximum atomic E-state index is 10.9. The van der Waals surface area contributed by atoms with Crippen molar-refractivity contribution in [2.24, 2.45) is 0 Å². The Morgan fingerprint density at radius 1 is 1.28 bits per heavy atom. The summed E-state index contributed by atoms with van der Waals surface area (Å²) in [5, 5.41) is 8.96. The molecule has 2 rings (SSSR count). The first-order valence-corrected chi connectivity index (χ1v) is 6.24. The second-order valence-electron chi connectivity index (χ2n) is 4.36. The first kappa shape index (κ1) is 12.6. The van der Waals surface area contributed by atoms with Crippen LogP contribution < -0.4 is 4.90 Å². The molecule has 1 aliphatic heterocycles. The van der Waals surface area contributed by atoms with Gasteiger partial charge in [-0.15, -0.1) is 0 Å². The number of carbonyl (C=O) groups is 1. The van der Waals surface area contributed by atoms with E-state index in [-0.39, 0.29) is 0 Å². The van der Waals surface area contributed by atoms with Crippen molar-refractivity contribution in [1.82, 2.24) is 14.9 Å². The molecule has 0 aromatic carbocycles. The van der Waals surface area contributed by atoms with E-state index in [0.717, 1.165) is 24.9 Å². The molecule has 6 heteroatoms. The summed E-state index contributed by atoms with van der Waals surface area (Å²) in [6, 6.07) is 0. The molecular formula is C12H18N4O2. The summed E-state index contributed by atoms with van der Waals surface area (Å²) in [6.45, 7) is 4.61. The van der Waals surface area contributed by atoms with Gasteiger partial charge in [-0.3, -0.25) is 0 Å². The molecule has 0 radical (unpaired) electrons. The van der Waals surface area contributed by atoms with E-state index in [9.17, 15) is 4.79 Å². The lowest BCUT2D eigenvalue weighted by molar-refractivity contribution is 0.148. The van der Waals surface area contributed by atoms with Crippen LogP contribution >= 0.6 is 0 Å². The zero-order valence-electron chi connectivity index (χ0n) is 10.5. The van der Waals surface area contributed by atoms with Gasteiger partial charge in [0.05, 0.1) is 0 Å². The van der Waals surface area contributed by atoms with Crippen molar-refractivity contribution >= 4 is 12.0 Å². The number of carboxylic acid groups (broad SMARTS) is 1. The highest BCUT2D eigenvalue weighted by atomic mass is 16.4. The Labute approximate surface area is 106 Å². The summed E-state index contributed by atoms with van der Waals surface area (Å²) in [5.74, 6) is 0.694. The monoisotopic (exact) mass is 250 g/mol. The van der Waals surface area contributed by atoms with Crippen molar-refractivity contribution in [2.45, 2.75) is 19.8 Å². The van der Waals surface area contributed by atoms with Crippen LogP contribution in [0.2, 0.25) is 0 Å². The van der Waals surface area contributed by atoms with Gasteiger partial charge in [0.15, 0.2) is 0 Å². The van der Waals surface area contributed by atoms with Crippen molar-refractivity contribution in [2.75, 3.05) is 31.1 Å². The number of hydrogen-bond donors (Lipinski definition) is 1. The molecule has 0 atom stereocenters. The maximum absolute atomic E-state index is 10.9. The molecule has 0 saturated carbocycles. The number of amides is 1. The molecule has 0 aliphatic carbocycles. The second-order valence-corrected chi connectivity index (χ2v) is 4.36. The molecule has 2 heterocycles. The van der Waals surface area contributed by atoms with Gasteiger partial charge in [-0.25, -0.2) is 14.8 Å². The number of aryl methyl sites for hydroxylation is 1. The number of anilines is 1. The van der Waals surface area contributed by atoms with Gasteiger partial charge in [-0.2, -0.15) is 0 Å². The Morgan fingerprint density at radius 3 is 2.61 bits per heavy atom. The van der Waals surface area contributed by atoms with Crippen LogP contribution in [-0.2, 0) is 6.42 Å². The van der Waals surface area contributed by atoms with Gasteiger partial charge in [0.25, 0.3) is 0 Å². The van der Waals surface area contributed by atoms with Crippen molar-refractivity contribution in [3.63, 3.8) is 0 Å². The highest BCUT2D eigenvalue weighted by molar-refractivity contribution is 5.65. The molecule has 1 aromatic rings. The normalized spacial score (nSPS) is 16.5. The third-order valence-electron chi connectivity index (χ3n) is 3.15. The average Bonchev–Trinajstić information content (AvgIpc) is 2.64. The van der Waals surface area contributed by atoms with Crippen LogP contribution in [0, 0.1) is 0 Å². The topological polar surface area (TPSA) is 69.6 Å². The zero-order valence-corrected chi connectivity index (χ0v) is 10.5. The molecule has 18 heavy (non-hydrogen) atoms. The van der Waals surface area contributed by atoms with Gasteiger partial charge in [0.1, 0.15) is 0 Å². The van der Waals surface area contributed by atoms with Crippen LogP contribution in [0.4, 0.5) is 10.7 Å². The fourth-order valence-electron chi connectivity index (χ4n) is 2.00. The summed E-state index contributed by atoms with van der Waals surface area (Å²) in [5.41, 5.74) is 1.11. The Bertz CT molecular complexity index is 407. The molecule has 1 aromatic heterocycles. The van der Waals surface area contributed by atoms with Crippen LogP contribution in [0.1, 0.15) is 18.9 Å². The molecule has 1 saturated heterocycles. The predicted molar refractivity (Wildman–Crippen MR) is 67.8 cm³/mol. The SMILES string of the molecule is CCc1cnc(N2CCCN(C(=O)O)CC2)nc1. The fraction of sp³-hybridized carbons (Fsp3) is 0.583. The Morgan fingerprint density at radius 2 is 2.00 bits per heavy atom. The lowest BCUT2D eigenvalue weighted by Crippen LogP contribution is -2.34. The molecule has 98 valence electrons. The Balaban J connectivity index is 2.02. The minimum absolute atomic E-state index is 0.508. The average molecular weight is 250 g/mol.